The topological polar surface area (TPSA) is 72.9 Å². The number of nitrogens with zero attached hydrogens (tertiary/aromatic N) is 2. The van der Waals surface area contributed by atoms with Crippen LogP contribution >= 0.6 is 15.9 Å². The second-order valence-corrected chi connectivity index (χ2v) is 4.43. The van der Waals surface area contributed by atoms with Crippen molar-refractivity contribution < 1.29 is 4.79 Å². The highest BCUT2D eigenvalue weighted by Gasteiger charge is 2.12. The van der Waals surface area contributed by atoms with Gasteiger partial charge < -0.3 is 15.6 Å². The van der Waals surface area contributed by atoms with E-state index in [0.29, 0.717) is 17.1 Å². The lowest BCUT2D eigenvalue weighted by Gasteiger charge is -2.07. The second kappa shape index (κ2) is 4.58. The van der Waals surface area contributed by atoms with Crippen LogP contribution in [0.4, 0.5) is 11.4 Å². The van der Waals surface area contributed by atoms with Gasteiger partial charge in [-0.15, -0.1) is 0 Å². The van der Waals surface area contributed by atoms with E-state index < -0.39 is 0 Å². The smallest absolute Gasteiger partial charge is 0.272 e. The fourth-order valence-electron chi connectivity index (χ4n) is 1.48. The van der Waals surface area contributed by atoms with Gasteiger partial charge in [-0.3, -0.25) is 9.78 Å². The van der Waals surface area contributed by atoms with Gasteiger partial charge in [0.25, 0.3) is 5.91 Å². The molecule has 1 amide bonds. The molecule has 0 atom stereocenters. The maximum absolute atomic E-state index is 12.0. The third kappa shape index (κ3) is 2.47. The number of rotatable bonds is 2. The molecule has 6 heteroatoms. The molecule has 88 valence electrons. The van der Waals surface area contributed by atoms with Crippen molar-refractivity contribution in [2.45, 2.75) is 0 Å². The summed E-state index contributed by atoms with van der Waals surface area (Å²) in [5.41, 5.74) is 7.36. The number of pyridine rings is 1. The van der Waals surface area contributed by atoms with Crippen LogP contribution in [0, 0.1) is 0 Å². The summed E-state index contributed by atoms with van der Waals surface area (Å²) in [5.74, 6) is -0.212. The Hall–Kier alpha value is -1.82. The van der Waals surface area contributed by atoms with Gasteiger partial charge in [-0.05, 0) is 28.1 Å². The number of nitrogens with two attached hydrogens (primary N) is 1. The summed E-state index contributed by atoms with van der Waals surface area (Å²) < 4.78 is 2.41. The molecule has 17 heavy (non-hydrogen) atoms. The quantitative estimate of drug-likeness (QED) is 0.890. The number of carbonyl (C=O) groups excluding carboxylic acids is 1. The molecular weight excluding hydrogens is 284 g/mol. The molecule has 0 saturated heterocycles. The van der Waals surface area contributed by atoms with Gasteiger partial charge in [0.05, 0.1) is 15.8 Å². The zero-order valence-electron chi connectivity index (χ0n) is 9.14. The van der Waals surface area contributed by atoms with Crippen LogP contribution < -0.4 is 11.1 Å². The van der Waals surface area contributed by atoms with Crippen LogP contribution in [0.15, 0.2) is 35.2 Å². The van der Waals surface area contributed by atoms with Crippen molar-refractivity contribution in [3.8, 4) is 0 Å². The van der Waals surface area contributed by atoms with E-state index in [9.17, 15) is 4.79 Å². The van der Waals surface area contributed by atoms with E-state index in [1.54, 1.807) is 42.3 Å². The van der Waals surface area contributed by atoms with Crippen LogP contribution in [0.25, 0.3) is 0 Å². The van der Waals surface area contributed by atoms with Gasteiger partial charge in [-0.25, -0.2) is 0 Å². The monoisotopic (exact) mass is 294 g/mol. The molecule has 2 heterocycles. The number of anilines is 2. The van der Waals surface area contributed by atoms with E-state index in [4.69, 9.17) is 5.73 Å². The number of nitrogen functional groups attached to an aromatic ring is 1. The molecule has 2 rings (SSSR count). The zero-order chi connectivity index (χ0) is 12.4. The number of amides is 1. The van der Waals surface area contributed by atoms with Gasteiger partial charge in [-0.2, -0.15) is 0 Å². The minimum atomic E-state index is -0.212. The molecule has 2 aromatic heterocycles. The van der Waals surface area contributed by atoms with Crippen molar-refractivity contribution in [2.75, 3.05) is 11.1 Å². The normalized spacial score (nSPS) is 10.2. The van der Waals surface area contributed by atoms with Crippen molar-refractivity contribution in [3.63, 3.8) is 0 Å². The van der Waals surface area contributed by atoms with Crippen LogP contribution in [0.5, 0.6) is 0 Å². The Labute approximate surface area is 107 Å². The molecule has 0 radical (unpaired) electrons. The maximum atomic E-state index is 12.0. The second-order valence-electron chi connectivity index (χ2n) is 3.58. The lowest BCUT2D eigenvalue weighted by Crippen LogP contribution is -2.15. The predicted molar refractivity (Wildman–Crippen MR) is 69.7 cm³/mol. The number of hydrogen-bond acceptors (Lipinski definition) is 3. The molecule has 5 nitrogen and oxygen atoms in total. The summed E-state index contributed by atoms with van der Waals surface area (Å²) in [6, 6.07) is 3.35. The Morgan fingerprint density at radius 3 is 2.94 bits per heavy atom. The highest BCUT2D eigenvalue weighted by molar-refractivity contribution is 9.10. The van der Waals surface area contributed by atoms with Crippen molar-refractivity contribution in [1.29, 1.82) is 0 Å². The molecule has 0 spiro atoms. The van der Waals surface area contributed by atoms with Gasteiger partial charge >= 0.3 is 0 Å². The molecule has 0 bridgehead atoms. The highest BCUT2D eigenvalue weighted by Crippen LogP contribution is 2.21. The first kappa shape index (κ1) is 11.7. The number of aryl methyl sites for hydroxylation is 1. The largest absolute Gasteiger partial charge is 0.397 e. The molecule has 0 aliphatic carbocycles. The fourth-order valence-corrected chi connectivity index (χ4v) is 1.83. The summed E-state index contributed by atoms with van der Waals surface area (Å²) in [6.07, 6.45) is 4.92. The van der Waals surface area contributed by atoms with Crippen molar-refractivity contribution >= 4 is 33.2 Å². The third-order valence-corrected chi connectivity index (χ3v) is 2.91. The molecule has 0 fully saturated rings. The van der Waals surface area contributed by atoms with Gasteiger partial charge in [0.1, 0.15) is 5.69 Å². The molecular formula is C11H11BrN4O. The maximum Gasteiger partial charge on any atom is 0.272 e. The lowest BCUT2D eigenvalue weighted by molar-refractivity contribution is 0.101. The van der Waals surface area contributed by atoms with Gasteiger partial charge in [0.15, 0.2) is 0 Å². The first-order chi connectivity index (χ1) is 8.08. The Morgan fingerprint density at radius 1 is 1.59 bits per heavy atom. The average Bonchev–Trinajstić information content (AvgIpc) is 2.61. The predicted octanol–water partition coefficient (Wildman–Crippen LogP) is 2.02. The van der Waals surface area contributed by atoms with E-state index in [-0.39, 0.29) is 5.91 Å². The molecule has 0 unspecified atom stereocenters. The van der Waals surface area contributed by atoms with Gasteiger partial charge in [0, 0.05) is 25.6 Å². The van der Waals surface area contributed by atoms with Crippen molar-refractivity contribution in [1.82, 2.24) is 9.55 Å². The molecule has 0 saturated carbocycles. The van der Waals surface area contributed by atoms with Gasteiger partial charge in [0.2, 0.25) is 0 Å². The first-order valence-corrected chi connectivity index (χ1v) is 5.70. The summed E-state index contributed by atoms with van der Waals surface area (Å²) in [7, 11) is 1.77. The number of halogens is 1. The van der Waals surface area contributed by atoms with E-state index >= 15 is 0 Å². The number of nitrogens with one attached hydrogen (secondary N) is 1. The Bertz CT molecular complexity index is 564. The fraction of sp³-hybridized carbons (Fsp3) is 0.0909. The van der Waals surface area contributed by atoms with E-state index in [2.05, 4.69) is 26.2 Å². The highest BCUT2D eigenvalue weighted by atomic mass is 79.9. The Morgan fingerprint density at radius 2 is 2.35 bits per heavy atom. The first-order valence-electron chi connectivity index (χ1n) is 4.90. The molecule has 3 N–H and O–H groups in total. The molecule has 0 aromatic carbocycles. The lowest BCUT2D eigenvalue weighted by atomic mass is 10.3. The minimum Gasteiger partial charge on any atom is -0.397 e. The van der Waals surface area contributed by atoms with Crippen LogP contribution in [0.2, 0.25) is 0 Å². The summed E-state index contributed by atoms with van der Waals surface area (Å²) >= 11 is 3.31. The van der Waals surface area contributed by atoms with Gasteiger partial charge in [-0.1, -0.05) is 0 Å². The Balaban J connectivity index is 2.23. The summed E-state index contributed by atoms with van der Waals surface area (Å²) in [5, 5.41) is 2.78. The van der Waals surface area contributed by atoms with E-state index in [1.807, 2.05) is 0 Å². The van der Waals surface area contributed by atoms with E-state index in [0.717, 1.165) is 4.47 Å². The van der Waals surface area contributed by atoms with Crippen LogP contribution in [0.3, 0.4) is 0 Å². The van der Waals surface area contributed by atoms with E-state index in [1.165, 1.54) is 0 Å². The minimum absolute atomic E-state index is 0.212. The summed E-state index contributed by atoms with van der Waals surface area (Å²) in [4.78, 5) is 15.9. The summed E-state index contributed by atoms with van der Waals surface area (Å²) in [6.45, 7) is 0. The number of hydrogen-bond donors (Lipinski definition) is 2. The number of carbonyl (C=O) groups is 1. The van der Waals surface area contributed by atoms with Crippen molar-refractivity contribution in [3.05, 3.63) is 40.9 Å². The zero-order valence-corrected chi connectivity index (χ0v) is 10.7. The van der Waals surface area contributed by atoms with Crippen molar-refractivity contribution in [2.24, 2.45) is 7.05 Å². The molecule has 0 aliphatic heterocycles. The third-order valence-electron chi connectivity index (χ3n) is 2.28. The SMILES string of the molecule is Cn1cc(N)cc1C(=O)Nc1ccncc1Br. The number of aromatic nitrogens is 2. The standard InChI is InChI=1S/C11H11BrN4O/c1-16-6-7(13)4-10(16)11(17)15-9-2-3-14-5-8(9)12/h2-6H,13H2,1H3,(H,14,15,17). The van der Waals surface area contributed by atoms with Crippen LogP contribution in [0.1, 0.15) is 10.5 Å². The molecule has 0 aliphatic rings. The van der Waals surface area contributed by atoms with Crippen LogP contribution in [-0.2, 0) is 7.05 Å². The average molecular weight is 295 g/mol. The Kier molecular flexibility index (Phi) is 3.14. The molecule has 2 aromatic rings. The van der Waals surface area contributed by atoms with Crippen LogP contribution in [-0.4, -0.2) is 15.5 Å².